The summed E-state index contributed by atoms with van der Waals surface area (Å²) in [5.74, 6) is 0.828. The van der Waals surface area contributed by atoms with Gasteiger partial charge >= 0.3 is 0 Å². The van der Waals surface area contributed by atoms with E-state index in [0.29, 0.717) is 5.65 Å². The summed E-state index contributed by atoms with van der Waals surface area (Å²) in [6.45, 7) is 0. The molecule has 1 aliphatic carbocycles. The van der Waals surface area contributed by atoms with E-state index < -0.39 is 0 Å². The Bertz CT molecular complexity index is 891. The molecule has 5 nitrogen and oxygen atoms in total. The van der Waals surface area contributed by atoms with Gasteiger partial charge in [-0.2, -0.15) is 0 Å². The molecule has 2 aromatic heterocycles. The van der Waals surface area contributed by atoms with Gasteiger partial charge in [0.1, 0.15) is 5.75 Å². The molecule has 112 valence electrons. The van der Waals surface area contributed by atoms with Crippen LogP contribution in [0.5, 0.6) is 5.75 Å². The highest BCUT2D eigenvalue weighted by Gasteiger charge is 2.21. The number of fused-ring (bicyclic) bond motifs is 3. The van der Waals surface area contributed by atoms with Crippen molar-refractivity contribution in [3.63, 3.8) is 0 Å². The van der Waals surface area contributed by atoms with Crippen molar-refractivity contribution in [1.29, 1.82) is 0 Å². The van der Waals surface area contributed by atoms with E-state index in [9.17, 15) is 4.79 Å². The zero-order chi connectivity index (χ0) is 15.1. The number of benzene rings is 1. The molecule has 0 amide bonds. The van der Waals surface area contributed by atoms with Crippen LogP contribution in [0.1, 0.15) is 24.0 Å². The van der Waals surface area contributed by atoms with Crippen LogP contribution in [-0.2, 0) is 12.8 Å². The van der Waals surface area contributed by atoms with E-state index in [1.54, 1.807) is 7.11 Å². The smallest absolute Gasteiger partial charge is 0.273 e. The molecule has 0 unspecified atom stereocenters. The molecule has 1 aliphatic rings. The average molecular weight is 295 g/mol. The number of aromatic amines is 2. The lowest BCUT2D eigenvalue weighted by atomic mass is 9.87. The molecule has 22 heavy (non-hydrogen) atoms. The summed E-state index contributed by atoms with van der Waals surface area (Å²) in [7, 11) is 1.66. The third kappa shape index (κ3) is 1.93. The second-order valence-electron chi connectivity index (χ2n) is 5.66. The van der Waals surface area contributed by atoms with Crippen molar-refractivity contribution in [3.8, 4) is 17.0 Å². The number of nitrogens with zero attached hydrogens (tertiary/aromatic N) is 1. The lowest BCUT2D eigenvalue weighted by Gasteiger charge is -2.19. The Balaban J connectivity index is 1.98. The summed E-state index contributed by atoms with van der Waals surface area (Å²) < 4.78 is 5.22. The zero-order valence-electron chi connectivity index (χ0n) is 12.4. The molecule has 2 N–H and O–H groups in total. The van der Waals surface area contributed by atoms with Gasteiger partial charge in [0.05, 0.1) is 18.2 Å². The predicted molar refractivity (Wildman–Crippen MR) is 85.3 cm³/mol. The van der Waals surface area contributed by atoms with Crippen molar-refractivity contribution in [1.82, 2.24) is 15.2 Å². The first-order chi connectivity index (χ1) is 10.8. The van der Waals surface area contributed by atoms with Crippen LogP contribution in [0.2, 0.25) is 0 Å². The van der Waals surface area contributed by atoms with Crippen LogP contribution in [0.15, 0.2) is 29.1 Å². The molecular formula is C17H17N3O2. The summed E-state index contributed by atoms with van der Waals surface area (Å²) in [5, 5.41) is 6.29. The largest absolute Gasteiger partial charge is 0.497 e. The third-order valence-electron chi connectivity index (χ3n) is 4.40. The molecule has 0 atom stereocenters. The minimum atomic E-state index is -0.0677. The van der Waals surface area contributed by atoms with E-state index in [1.807, 2.05) is 24.3 Å². The summed E-state index contributed by atoms with van der Waals surface area (Å²) in [5.41, 5.74) is 4.99. The van der Waals surface area contributed by atoms with Gasteiger partial charge in [-0.15, -0.1) is 0 Å². The molecule has 0 saturated heterocycles. The van der Waals surface area contributed by atoms with Crippen molar-refractivity contribution >= 4 is 11.0 Å². The first-order valence-electron chi connectivity index (χ1n) is 7.54. The van der Waals surface area contributed by atoms with Gasteiger partial charge in [0.2, 0.25) is 0 Å². The van der Waals surface area contributed by atoms with Crippen LogP contribution in [0.4, 0.5) is 0 Å². The number of hydrogen-bond acceptors (Lipinski definition) is 3. The summed E-state index contributed by atoms with van der Waals surface area (Å²) in [6.07, 6.45) is 4.19. The second kappa shape index (κ2) is 5.02. The molecule has 0 saturated carbocycles. The van der Waals surface area contributed by atoms with Gasteiger partial charge in [-0.25, -0.2) is 4.98 Å². The van der Waals surface area contributed by atoms with Gasteiger partial charge in [0, 0.05) is 5.56 Å². The first kappa shape index (κ1) is 13.1. The van der Waals surface area contributed by atoms with E-state index in [1.165, 1.54) is 5.56 Å². The van der Waals surface area contributed by atoms with Gasteiger partial charge in [-0.3, -0.25) is 15.0 Å². The molecule has 4 rings (SSSR count). The van der Waals surface area contributed by atoms with Crippen molar-refractivity contribution in [2.24, 2.45) is 0 Å². The van der Waals surface area contributed by atoms with Gasteiger partial charge in [-0.1, -0.05) is 0 Å². The Morgan fingerprint density at radius 1 is 1.05 bits per heavy atom. The van der Waals surface area contributed by atoms with E-state index in [2.05, 4.69) is 10.2 Å². The lowest BCUT2D eigenvalue weighted by Crippen LogP contribution is -2.11. The van der Waals surface area contributed by atoms with Gasteiger partial charge in [0.15, 0.2) is 5.65 Å². The topological polar surface area (TPSA) is 70.8 Å². The lowest BCUT2D eigenvalue weighted by molar-refractivity contribution is 0.415. The van der Waals surface area contributed by atoms with Crippen LogP contribution in [0.25, 0.3) is 22.3 Å². The highest BCUT2D eigenvalue weighted by atomic mass is 16.5. The fraction of sp³-hybridized carbons (Fsp3) is 0.294. The normalized spacial score (nSPS) is 14.0. The molecule has 3 aromatic rings. The third-order valence-corrected chi connectivity index (χ3v) is 4.40. The van der Waals surface area contributed by atoms with Crippen molar-refractivity contribution < 1.29 is 4.74 Å². The molecule has 0 bridgehead atoms. The molecule has 5 heteroatoms. The fourth-order valence-electron chi connectivity index (χ4n) is 3.32. The minimum Gasteiger partial charge on any atom is -0.497 e. The van der Waals surface area contributed by atoms with E-state index >= 15 is 0 Å². The van der Waals surface area contributed by atoms with E-state index in [4.69, 9.17) is 9.72 Å². The van der Waals surface area contributed by atoms with Crippen molar-refractivity contribution in [2.75, 3.05) is 7.11 Å². The zero-order valence-corrected chi connectivity index (χ0v) is 12.4. The number of H-pyrrole nitrogens is 2. The number of rotatable bonds is 2. The minimum absolute atomic E-state index is 0.0677. The van der Waals surface area contributed by atoms with Crippen LogP contribution in [0, 0.1) is 0 Å². The average Bonchev–Trinajstić information content (AvgIpc) is 2.95. The number of aryl methyl sites for hydroxylation is 1. The van der Waals surface area contributed by atoms with E-state index in [0.717, 1.165) is 53.6 Å². The molecule has 0 aliphatic heterocycles. The molecule has 0 radical (unpaired) electrons. The van der Waals surface area contributed by atoms with Crippen LogP contribution in [0.3, 0.4) is 0 Å². The van der Waals surface area contributed by atoms with Crippen LogP contribution >= 0.6 is 0 Å². The standard InChI is InChI=1S/C17H17N3O2/c1-22-11-8-6-10(7-9-11)15-13-5-3-2-4-12(13)14-16(18-15)19-20-17(14)21/h6-9H,2-5H2,1H3,(H2,18,19,20,21). The SMILES string of the molecule is COc1ccc(-c2nc3[nH][nH]c(=O)c3c3c2CCCC3)cc1. The fourth-order valence-corrected chi connectivity index (χ4v) is 3.32. The van der Waals surface area contributed by atoms with Gasteiger partial charge < -0.3 is 4.74 Å². The maximum absolute atomic E-state index is 12.0. The Hall–Kier alpha value is -2.56. The predicted octanol–water partition coefficient (Wildman–Crippen LogP) is 2.81. The molecule has 1 aromatic carbocycles. The second-order valence-corrected chi connectivity index (χ2v) is 5.66. The summed E-state index contributed by atoms with van der Waals surface area (Å²) in [4.78, 5) is 16.7. The molecular weight excluding hydrogens is 278 g/mol. The maximum Gasteiger partial charge on any atom is 0.273 e. The monoisotopic (exact) mass is 295 g/mol. The maximum atomic E-state index is 12.0. The number of methoxy groups -OCH3 is 1. The Labute approximate surface area is 127 Å². The highest BCUT2D eigenvalue weighted by molar-refractivity contribution is 5.84. The van der Waals surface area contributed by atoms with Crippen molar-refractivity contribution in [2.45, 2.75) is 25.7 Å². The molecule has 0 spiro atoms. The number of aromatic nitrogens is 3. The Kier molecular flexibility index (Phi) is 2.99. The van der Waals surface area contributed by atoms with E-state index in [-0.39, 0.29) is 5.56 Å². The highest BCUT2D eigenvalue weighted by Crippen LogP contribution is 2.33. The summed E-state index contributed by atoms with van der Waals surface area (Å²) in [6, 6.07) is 7.92. The van der Waals surface area contributed by atoms with Crippen molar-refractivity contribution in [3.05, 3.63) is 45.7 Å². The van der Waals surface area contributed by atoms with Gasteiger partial charge in [0.25, 0.3) is 5.56 Å². The van der Waals surface area contributed by atoms with Gasteiger partial charge in [-0.05, 0) is 61.1 Å². The number of nitrogens with one attached hydrogen (secondary N) is 2. The molecule has 2 heterocycles. The summed E-state index contributed by atoms with van der Waals surface area (Å²) >= 11 is 0. The first-order valence-corrected chi connectivity index (χ1v) is 7.54. The van der Waals surface area contributed by atoms with Crippen LogP contribution in [-0.4, -0.2) is 22.3 Å². The van der Waals surface area contributed by atoms with Crippen LogP contribution < -0.4 is 10.3 Å². The Morgan fingerprint density at radius 2 is 1.77 bits per heavy atom. The number of hydrogen-bond donors (Lipinski definition) is 2. The quantitative estimate of drug-likeness (QED) is 0.763. The number of ether oxygens (including phenoxy) is 1. The Morgan fingerprint density at radius 3 is 2.50 bits per heavy atom. The number of pyridine rings is 1. The molecule has 0 fully saturated rings.